The Kier molecular flexibility index (Phi) is 5.16. The number of carbonyl (C=O) groups is 1. The zero-order valence-electron chi connectivity index (χ0n) is 16.2. The molecule has 0 aromatic carbocycles. The van der Waals surface area contributed by atoms with E-state index in [2.05, 4.69) is 25.3 Å². The number of hydrogen-bond acceptors (Lipinski definition) is 5. The molecule has 1 N–H and O–H groups in total. The Labute approximate surface area is 164 Å². The van der Waals surface area contributed by atoms with Gasteiger partial charge in [0.2, 0.25) is 5.91 Å². The molecule has 4 heterocycles. The summed E-state index contributed by atoms with van der Waals surface area (Å²) in [6, 6.07) is 11.5. The van der Waals surface area contributed by atoms with Gasteiger partial charge in [0.15, 0.2) is 5.82 Å². The van der Waals surface area contributed by atoms with Crippen LogP contribution in [0.4, 0.5) is 5.69 Å². The predicted molar refractivity (Wildman–Crippen MR) is 107 cm³/mol. The zero-order chi connectivity index (χ0) is 19.5. The Balaban J connectivity index is 1.42. The van der Waals surface area contributed by atoms with Crippen LogP contribution in [0.15, 0.2) is 48.8 Å². The van der Waals surface area contributed by atoms with Crippen molar-refractivity contribution in [3.05, 3.63) is 65.9 Å². The standard InChI is InChI=1S/C21H24N6O/c1-15-12-16(2)27(25-15)20-9-8-17(13-23-20)24-21(28)19-7-5-11-26(19)14-18-6-3-4-10-22-18/h3-4,6,8-10,12-13,19H,5,7,11,14H2,1-2H3,(H,24,28). The van der Waals surface area contributed by atoms with E-state index in [9.17, 15) is 4.79 Å². The monoisotopic (exact) mass is 376 g/mol. The van der Waals surface area contributed by atoms with E-state index in [1.54, 1.807) is 17.1 Å². The van der Waals surface area contributed by atoms with Gasteiger partial charge in [0.05, 0.1) is 29.3 Å². The van der Waals surface area contributed by atoms with E-state index in [0.29, 0.717) is 12.2 Å². The first-order valence-electron chi connectivity index (χ1n) is 9.55. The second kappa shape index (κ2) is 7.90. The van der Waals surface area contributed by atoms with E-state index in [-0.39, 0.29) is 11.9 Å². The summed E-state index contributed by atoms with van der Waals surface area (Å²) in [6.07, 6.45) is 5.34. The third kappa shape index (κ3) is 3.94. The normalized spacial score (nSPS) is 17.0. The topological polar surface area (TPSA) is 75.9 Å². The number of rotatable bonds is 5. The molecule has 3 aromatic rings. The van der Waals surface area contributed by atoms with Crippen molar-refractivity contribution in [2.75, 3.05) is 11.9 Å². The first-order valence-corrected chi connectivity index (χ1v) is 9.55. The first-order chi connectivity index (χ1) is 13.6. The predicted octanol–water partition coefficient (Wildman–Crippen LogP) is 2.88. The van der Waals surface area contributed by atoms with Gasteiger partial charge in [-0.2, -0.15) is 5.10 Å². The van der Waals surface area contributed by atoms with Gasteiger partial charge in [0.25, 0.3) is 0 Å². The highest BCUT2D eigenvalue weighted by molar-refractivity contribution is 5.94. The Morgan fingerprint density at radius 1 is 1.21 bits per heavy atom. The summed E-state index contributed by atoms with van der Waals surface area (Å²) in [5.74, 6) is 0.746. The highest BCUT2D eigenvalue weighted by Crippen LogP contribution is 2.21. The summed E-state index contributed by atoms with van der Waals surface area (Å²) in [5, 5.41) is 7.44. The molecule has 144 valence electrons. The molecule has 0 saturated carbocycles. The van der Waals surface area contributed by atoms with Crippen LogP contribution >= 0.6 is 0 Å². The van der Waals surface area contributed by atoms with E-state index >= 15 is 0 Å². The number of amides is 1. The molecule has 1 aliphatic heterocycles. The van der Waals surface area contributed by atoms with Gasteiger partial charge in [0, 0.05) is 18.4 Å². The number of anilines is 1. The maximum Gasteiger partial charge on any atom is 0.241 e. The summed E-state index contributed by atoms with van der Waals surface area (Å²) in [7, 11) is 0. The lowest BCUT2D eigenvalue weighted by molar-refractivity contribution is -0.120. The lowest BCUT2D eigenvalue weighted by Gasteiger charge is -2.23. The molecule has 7 heteroatoms. The summed E-state index contributed by atoms with van der Waals surface area (Å²) >= 11 is 0. The average molecular weight is 376 g/mol. The third-order valence-corrected chi connectivity index (χ3v) is 5.00. The van der Waals surface area contributed by atoms with Gasteiger partial charge in [-0.25, -0.2) is 9.67 Å². The number of aromatic nitrogens is 4. The highest BCUT2D eigenvalue weighted by atomic mass is 16.2. The first kappa shape index (κ1) is 18.3. The second-order valence-electron chi connectivity index (χ2n) is 7.18. The number of nitrogens with zero attached hydrogens (tertiary/aromatic N) is 5. The fraction of sp³-hybridized carbons (Fsp3) is 0.333. The number of pyridine rings is 2. The number of aryl methyl sites for hydroxylation is 2. The number of carbonyl (C=O) groups excluding carboxylic acids is 1. The molecule has 0 aliphatic carbocycles. The summed E-state index contributed by atoms with van der Waals surface area (Å²) in [5.41, 5.74) is 3.65. The molecule has 1 amide bonds. The zero-order valence-corrected chi connectivity index (χ0v) is 16.2. The molecule has 7 nitrogen and oxygen atoms in total. The number of nitrogens with one attached hydrogen (secondary N) is 1. The average Bonchev–Trinajstić information content (AvgIpc) is 3.29. The molecule has 1 atom stereocenters. The largest absolute Gasteiger partial charge is 0.323 e. The van der Waals surface area contributed by atoms with Crippen molar-refractivity contribution < 1.29 is 4.79 Å². The smallest absolute Gasteiger partial charge is 0.241 e. The third-order valence-electron chi connectivity index (χ3n) is 5.00. The fourth-order valence-corrected chi connectivity index (χ4v) is 3.68. The highest BCUT2D eigenvalue weighted by Gasteiger charge is 2.30. The molecule has 0 radical (unpaired) electrons. The van der Waals surface area contributed by atoms with Crippen LogP contribution < -0.4 is 5.32 Å². The van der Waals surface area contributed by atoms with Gasteiger partial charge in [-0.05, 0) is 63.6 Å². The minimum Gasteiger partial charge on any atom is -0.323 e. The van der Waals surface area contributed by atoms with Crippen LogP contribution in [0.3, 0.4) is 0 Å². The maximum atomic E-state index is 12.8. The van der Waals surface area contributed by atoms with Gasteiger partial charge in [-0.3, -0.25) is 14.7 Å². The quantitative estimate of drug-likeness (QED) is 0.741. The van der Waals surface area contributed by atoms with Crippen molar-refractivity contribution >= 4 is 11.6 Å². The molecule has 4 rings (SSSR count). The Hall–Kier alpha value is -3.06. The van der Waals surface area contributed by atoms with Crippen molar-refractivity contribution in [1.82, 2.24) is 24.6 Å². The molecular formula is C21H24N6O. The van der Waals surface area contributed by atoms with Crippen LogP contribution in [0.1, 0.15) is 29.9 Å². The molecule has 28 heavy (non-hydrogen) atoms. The molecule has 1 fully saturated rings. The fourth-order valence-electron chi connectivity index (χ4n) is 3.68. The lowest BCUT2D eigenvalue weighted by atomic mass is 10.2. The van der Waals surface area contributed by atoms with Crippen molar-refractivity contribution in [3.63, 3.8) is 0 Å². The van der Waals surface area contributed by atoms with Crippen LogP contribution in [-0.2, 0) is 11.3 Å². The second-order valence-corrected chi connectivity index (χ2v) is 7.18. The number of likely N-dealkylation sites (tertiary alicyclic amines) is 1. The summed E-state index contributed by atoms with van der Waals surface area (Å²) in [4.78, 5) is 23.8. The van der Waals surface area contributed by atoms with Crippen LogP contribution in [0.25, 0.3) is 5.82 Å². The minimum atomic E-state index is -0.141. The van der Waals surface area contributed by atoms with Gasteiger partial charge >= 0.3 is 0 Å². The van der Waals surface area contributed by atoms with E-state index in [1.165, 1.54) is 0 Å². The Bertz CT molecular complexity index is 951. The molecule has 1 unspecified atom stereocenters. The molecule has 1 aliphatic rings. The Morgan fingerprint density at radius 3 is 2.79 bits per heavy atom. The summed E-state index contributed by atoms with van der Waals surface area (Å²) in [6.45, 7) is 5.54. The van der Waals surface area contributed by atoms with Gasteiger partial charge in [-0.1, -0.05) is 6.07 Å². The number of hydrogen-bond donors (Lipinski definition) is 1. The summed E-state index contributed by atoms with van der Waals surface area (Å²) < 4.78 is 1.80. The van der Waals surface area contributed by atoms with Crippen molar-refractivity contribution in [2.45, 2.75) is 39.3 Å². The van der Waals surface area contributed by atoms with Crippen LogP contribution in [0.2, 0.25) is 0 Å². The van der Waals surface area contributed by atoms with E-state index in [0.717, 1.165) is 42.3 Å². The maximum absolute atomic E-state index is 12.8. The van der Waals surface area contributed by atoms with Crippen molar-refractivity contribution in [1.29, 1.82) is 0 Å². The van der Waals surface area contributed by atoms with Crippen molar-refractivity contribution in [2.24, 2.45) is 0 Å². The molecule has 1 saturated heterocycles. The molecular weight excluding hydrogens is 352 g/mol. The lowest BCUT2D eigenvalue weighted by Crippen LogP contribution is -2.39. The van der Waals surface area contributed by atoms with Crippen LogP contribution in [0.5, 0.6) is 0 Å². The minimum absolute atomic E-state index is 0.00842. The van der Waals surface area contributed by atoms with Crippen molar-refractivity contribution in [3.8, 4) is 5.82 Å². The van der Waals surface area contributed by atoms with E-state index < -0.39 is 0 Å². The van der Waals surface area contributed by atoms with Gasteiger partial charge < -0.3 is 5.32 Å². The Morgan fingerprint density at radius 2 is 2.11 bits per heavy atom. The van der Waals surface area contributed by atoms with E-state index in [1.807, 2.05) is 50.2 Å². The van der Waals surface area contributed by atoms with Gasteiger partial charge in [0.1, 0.15) is 0 Å². The SMILES string of the molecule is Cc1cc(C)n(-c2ccc(NC(=O)C3CCCN3Cc3ccccn3)cn2)n1. The van der Waals surface area contributed by atoms with Gasteiger partial charge in [-0.15, -0.1) is 0 Å². The van der Waals surface area contributed by atoms with Crippen LogP contribution in [-0.4, -0.2) is 43.1 Å². The van der Waals surface area contributed by atoms with Crippen LogP contribution in [0, 0.1) is 13.8 Å². The molecule has 0 spiro atoms. The molecule has 0 bridgehead atoms. The van der Waals surface area contributed by atoms with E-state index in [4.69, 9.17) is 0 Å². The molecule has 3 aromatic heterocycles.